The number of ether oxygens (including phenoxy) is 2. The van der Waals surface area contributed by atoms with Gasteiger partial charge in [0.25, 0.3) is 0 Å². The standard InChI is InChI=1S/C13H19N5O3/c1-20-9-4-11-12(13(19)21-2)15-16-18(11)7-3-6-17-8-5-14-10-17/h5,8,10H,3-4,6-7,9H2,1-2H3. The van der Waals surface area contributed by atoms with Gasteiger partial charge in [0.15, 0.2) is 5.69 Å². The molecule has 0 saturated heterocycles. The van der Waals surface area contributed by atoms with E-state index in [9.17, 15) is 4.79 Å². The summed E-state index contributed by atoms with van der Waals surface area (Å²) < 4.78 is 13.5. The molecule has 0 fully saturated rings. The summed E-state index contributed by atoms with van der Waals surface area (Å²) in [6, 6.07) is 0. The highest BCUT2D eigenvalue weighted by atomic mass is 16.5. The Labute approximate surface area is 122 Å². The maximum atomic E-state index is 11.7. The summed E-state index contributed by atoms with van der Waals surface area (Å²) in [6.07, 6.45) is 6.86. The van der Waals surface area contributed by atoms with Gasteiger partial charge in [-0.05, 0) is 6.42 Å². The second-order valence-corrected chi connectivity index (χ2v) is 4.50. The molecule has 0 aliphatic carbocycles. The van der Waals surface area contributed by atoms with Gasteiger partial charge in [0.05, 0.1) is 25.7 Å². The Hall–Kier alpha value is -2.22. The summed E-state index contributed by atoms with van der Waals surface area (Å²) in [5.74, 6) is -0.470. The minimum absolute atomic E-state index is 0.261. The lowest BCUT2D eigenvalue weighted by atomic mass is 10.2. The minimum Gasteiger partial charge on any atom is -0.464 e. The largest absolute Gasteiger partial charge is 0.464 e. The Balaban J connectivity index is 2.03. The second-order valence-electron chi connectivity index (χ2n) is 4.50. The van der Waals surface area contributed by atoms with Gasteiger partial charge >= 0.3 is 5.97 Å². The quantitative estimate of drug-likeness (QED) is 0.661. The molecule has 0 spiro atoms. The molecule has 8 heteroatoms. The number of aryl methyl sites for hydroxylation is 2. The molecular weight excluding hydrogens is 274 g/mol. The number of esters is 1. The fourth-order valence-electron chi connectivity index (χ4n) is 2.04. The van der Waals surface area contributed by atoms with Crippen LogP contribution < -0.4 is 0 Å². The molecule has 0 N–H and O–H groups in total. The summed E-state index contributed by atoms with van der Waals surface area (Å²) >= 11 is 0. The van der Waals surface area contributed by atoms with Crippen molar-refractivity contribution >= 4 is 5.97 Å². The molecule has 21 heavy (non-hydrogen) atoms. The first-order valence-corrected chi connectivity index (χ1v) is 6.71. The number of carbonyl (C=O) groups excluding carboxylic acids is 1. The lowest BCUT2D eigenvalue weighted by Gasteiger charge is -2.07. The highest BCUT2D eigenvalue weighted by Gasteiger charge is 2.19. The molecule has 0 amide bonds. The molecule has 2 rings (SSSR count). The average Bonchev–Trinajstić information content (AvgIpc) is 3.14. The van der Waals surface area contributed by atoms with Gasteiger partial charge < -0.3 is 14.0 Å². The summed E-state index contributed by atoms with van der Waals surface area (Å²) in [5, 5.41) is 7.96. The molecule has 0 aliphatic rings. The highest BCUT2D eigenvalue weighted by Crippen LogP contribution is 2.09. The van der Waals surface area contributed by atoms with Gasteiger partial charge in [0.1, 0.15) is 0 Å². The zero-order valence-electron chi connectivity index (χ0n) is 12.2. The lowest BCUT2D eigenvalue weighted by Crippen LogP contribution is -2.13. The first-order chi connectivity index (χ1) is 10.3. The van der Waals surface area contributed by atoms with Crippen LogP contribution >= 0.6 is 0 Å². The molecule has 2 aromatic rings. The highest BCUT2D eigenvalue weighted by molar-refractivity contribution is 5.88. The Morgan fingerprint density at radius 1 is 1.33 bits per heavy atom. The molecule has 0 atom stereocenters. The molecule has 0 unspecified atom stereocenters. The van der Waals surface area contributed by atoms with Crippen molar-refractivity contribution in [2.24, 2.45) is 0 Å². The van der Waals surface area contributed by atoms with Crippen molar-refractivity contribution < 1.29 is 14.3 Å². The first-order valence-electron chi connectivity index (χ1n) is 6.71. The number of hydrogen-bond acceptors (Lipinski definition) is 6. The summed E-state index contributed by atoms with van der Waals surface area (Å²) in [5.41, 5.74) is 1.01. The number of rotatable bonds is 8. The van der Waals surface area contributed by atoms with Crippen molar-refractivity contribution in [3.05, 3.63) is 30.1 Å². The van der Waals surface area contributed by atoms with Crippen LogP contribution in [0.4, 0.5) is 0 Å². The van der Waals surface area contributed by atoms with Crippen molar-refractivity contribution in [2.75, 3.05) is 20.8 Å². The van der Waals surface area contributed by atoms with E-state index in [1.165, 1.54) is 7.11 Å². The van der Waals surface area contributed by atoms with Crippen LogP contribution in [0.5, 0.6) is 0 Å². The number of carbonyl (C=O) groups is 1. The Kier molecular flexibility index (Phi) is 5.44. The Morgan fingerprint density at radius 3 is 2.86 bits per heavy atom. The van der Waals surface area contributed by atoms with Crippen LogP contribution in [0.15, 0.2) is 18.7 Å². The number of aromatic nitrogens is 5. The lowest BCUT2D eigenvalue weighted by molar-refractivity contribution is 0.0592. The Morgan fingerprint density at radius 2 is 2.19 bits per heavy atom. The third kappa shape index (κ3) is 3.88. The molecular formula is C13H19N5O3. The van der Waals surface area contributed by atoms with Gasteiger partial charge in [-0.15, -0.1) is 5.10 Å². The van der Waals surface area contributed by atoms with Crippen molar-refractivity contribution in [2.45, 2.75) is 25.9 Å². The SMILES string of the molecule is COCCc1c(C(=O)OC)nnn1CCCn1ccnc1. The van der Waals surface area contributed by atoms with E-state index < -0.39 is 5.97 Å². The van der Waals surface area contributed by atoms with Crippen LogP contribution in [-0.4, -0.2) is 51.3 Å². The van der Waals surface area contributed by atoms with Gasteiger partial charge in [-0.3, -0.25) is 0 Å². The molecule has 0 aliphatic heterocycles. The van der Waals surface area contributed by atoms with Crippen LogP contribution in [0.2, 0.25) is 0 Å². The topological polar surface area (TPSA) is 84.1 Å². The van der Waals surface area contributed by atoms with Crippen LogP contribution in [0.25, 0.3) is 0 Å². The number of nitrogens with zero attached hydrogens (tertiary/aromatic N) is 5. The summed E-state index contributed by atoms with van der Waals surface area (Å²) in [6.45, 7) is 2.00. The molecule has 0 saturated carbocycles. The predicted octanol–water partition coefficient (Wildman–Crippen LogP) is 0.540. The van der Waals surface area contributed by atoms with Gasteiger partial charge in [0.2, 0.25) is 0 Å². The minimum atomic E-state index is -0.470. The van der Waals surface area contributed by atoms with Gasteiger partial charge in [-0.2, -0.15) is 0 Å². The van der Waals surface area contributed by atoms with Crippen molar-refractivity contribution in [3.63, 3.8) is 0 Å². The van der Waals surface area contributed by atoms with E-state index in [2.05, 4.69) is 15.3 Å². The van der Waals surface area contributed by atoms with E-state index in [0.717, 1.165) is 18.7 Å². The maximum absolute atomic E-state index is 11.7. The third-order valence-corrected chi connectivity index (χ3v) is 3.10. The van der Waals surface area contributed by atoms with Gasteiger partial charge in [0, 0.05) is 39.0 Å². The van der Waals surface area contributed by atoms with Crippen LogP contribution in [0.1, 0.15) is 22.6 Å². The van der Waals surface area contributed by atoms with Crippen molar-refractivity contribution in [1.82, 2.24) is 24.5 Å². The predicted molar refractivity (Wildman–Crippen MR) is 73.8 cm³/mol. The first kappa shape index (κ1) is 15.2. The number of methoxy groups -OCH3 is 2. The van der Waals surface area contributed by atoms with Crippen molar-refractivity contribution in [1.29, 1.82) is 0 Å². The third-order valence-electron chi connectivity index (χ3n) is 3.10. The normalized spacial score (nSPS) is 10.8. The molecule has 0 radical (unpaired) electrons. The van der Waals surface area contributed by atoms with E-state index in [4.69, 9.17) is 9.47 Å². The Bertz CT molecular complexity index is 564. The molecule has 2 aromatic heterocycles. The monoisotopic (exact) mass is 293 g/mol. The van der Waals surface area contributed by atoms with E-state index in [1.54, 1.807) is 24.3 Å². The smallest absolute Gasteiger partial charge is 0.360 e. The van der Waals surface area contributed by atoms with Crippen LogP contribution in [0, 0.1) is 0 Å². The fourth-order valence-corrected chi connectivity index (χ4v) is 2.04. The number of hydrogen-bond donors (Lipinski definition) is 0. The van der Waals surface area contributed by atoms with Gasteiger partial charge in [-0.1, -0.05) is 5.21 Å². The maximum Gasteiger partial charge on any atom is 0.360 e. The van der Waals surface area contributed by atoms with E-state index in [0.29, 0.717) is 19.6 Å². The number of imidazole rings is 1. The van der Waals surface area contributed by atoms with E-state index in [-0.39, 0.29) is 5.69 Å². The molecule has 0 bridgehead atoms. The van der Waals surface area contributed by atoms with E-state index >= 15 is 0 Å². The summed E-state index contributed by atoms with van der Waals surface area (Å²) in [4.78, 5) is 15.7. The zero-order valence-corrected chi connectivity index (χ0v) is 12.2. The van der Waals surface area contributed by atoms with E-state index in [1.807, 2.05) is 10.8 Å². The van der Waals surface area contributed by atoms with Crippen LogP contribution in [-0.2, 0) is 29.0 Å². The van der Waals surface area contributed by atoms with Crippen LogP contribution in [0.3, 0.4) is 0 Å². The molecule has 8 nitrogen and oxygen atoms in total. The molecule has 0 aromatic carbocycles. The molecule has 2 heterocycles. The van der Waals surface area contributed by atoms with Crippen molar-refractivity contribution in [3.8, 4) is 0 Å². The second kappa shape index (κ2) is 7.53. The van der Waals surface area contributed by atoms with Gasteiger partial charge in [-0.25, -0.2) is 14.5 Å². The average molecular weight is 293 g/mol. The summed E-state index contributed by atoms with van der Waals surface area (Å²) in [7, 11) is 2.95. The molecule has 114 valence electrons. The fraction of sp³-hybridized carbons (Fsp3) is 0.538. The zero-order chi connectivity index (χ0) is 15.1.